The maximum absolute atomic E-state index is 12.2. The number of anilines is 1. The van der Waals surface area contributed by atoms with E-state index in [1.165, 1.54) is 0 Å². The predicted molar refractivity (Wildman–Crippen MR) is 66.8 cm³/mol. The molecule has 0 aliphatic rings. The summed E-state index contributed by atoms with van der Waals surface area (Å²) in [7, 11) is 0. The lowest BCUT2D eigenvalue weighted by Crippen LogP contribution is -2.11. The predicted octanol–water partition coefficient (Wildman–Crippen LogP) is 2.11. The number of carbonyl (C=O) groups excluding carboxylic acids is 1. The van der Waals surface area contributed by atoms with Gasteiger partial charge in [-0.1, -0.05) is 19.1 Å². The third kappa shape index (κ3) is 2.36. The molecule has 0 bridgehead atoms. The Morgan fingerprint density at radius 3 is 3.00 bits per heavy atom. The first kappa shape index (κ1) is 11.4. The molecule has 2 aromatic rings. The Morgan fingerprint density at radius 2 is 2.29 bits per heavy atom. The summed E-state index contributed by atoms with van der Waals surface area (Å²) in [5.74, 6) is 0.383. The van der Waals surface area contributed by atoms with E-state index in [4.69, 9.17) is 5.73 Å². The SMILES string of the molecule is CCCn1ccnc1C(=O)c1cccc(N)c1. The number of ketones is 1. The molecule has 0 spiro atoms. The van der Waals surface area contributed by atoms with Crippen LogP contribution in [0.25, 0.3) is 0 Å². The first-order valence-corrected chi connectivity index (χ1v) is 5.63. The fraction of sp³-hybridized carbons (Fsp3) is 0.231. The van der Waals surface area contributed by atoms with Gasteiger partial charge >= 0.3 is 0 Å². The molecular weight excluding hydrogens is 214 g/mol. The molecule has 0 fully saturated rings. The number of rotatable bonds is 4. The van der Waals surface area contributed by atoms with Crippen molar-refractivity contribution in [2.24, 2.45) is 0 Å². The van der Waals surface area contributed by atoms with Gasteiger partial charge in [0.2, 0.25) is 5.78 Å². The number of nitrogens with two attached hydrogens (primary N) is 1. The summed E-state index contributed by atoms with van der Waals surface area (Å²) >= 11 is 0. The summed E-state index contributed by atoms with van der Waals surface area (Å²) in [6.45, 7) is 2.86. The van der Waals surface area contributed by atoms with E-state index in [1.54, 1.807) is 30.5 Å². The molecule has 0 amide bonds. The largest absolute Gasteiger partial charge is 0.399 e. The molecule has 2 N–H and O–H groups in total. The quantitative estimate of drug-likeness (QED) is 0.645. The van der Waals surface area contributed by atoms with Crippen molar-refractivity contribution in [3.05, 3.63) is 48.0 Å². The van der Waals surface area contributed by atoms with Gasteiger partial charge in [0.1, 0.15) is 0 Å². The summed E-state index contributed by atoms with van der Waals surface area (Å²) in [5.41, 5.74) is 6.83. The van der Waals surface area contributed by atoms with E-state index in [0.717, 1.165) is 13.0 Å². The molecule has 1 aromatic carbocycles. The zero-order valence-electron chi connectivity index (χ0n) is 9.76. The van der Waals surface area contributed by atoms with Crippen molar-refractivity contribution in [3.8, 4) is 0 Å². The number of aromatic nitrogens is 2. The summed E-state index contributed by atoms with van der Waals surface area (Å²) in [6.07, 6.45) is 4.44. The lowest BCUT2D eigenvalue weighted by atomic mass is 10.1. The number of nitrogens with zero attached hydrogens (tertiary/aromatic N) is 2. The van der Waals surface area contributed by atoms with Crippen LogP contribution in [0.5, 0.6) is 0 Å². The number of nitrogen functional groups attached to an aromatic ring is 1. The van der Waals surface area contributed by atoms with Gasteiger partial charge < -0.3 is 10.3 Å². The minimum absolute atomic E-state index is 0.0873. The lowest BCUT2D eigenvalue weighted by Gasteiger charge is -2.05. The van der Waals surface area contributed by atoms with E-state index in [2.05, 4.69) is 11.9 Å². The van der Waals surface area contributed by atoms with Gasteiger partial charge in [0.05, 0.1) is 0 Å². The Balaban J connectivity index is 2.33. The third-order valence-corrected chi connectivity index (χ3v) is 2.53. The number of imidazole rings is 1. The van der Waals surface area contributed by atoms with Crippen LogP contribution in [0.1, 0.15) is 29.5 Å². The molecule has 0 unspecified atom stereocenters. The standard InChI is InChI=1S/C13H15N3O/c1-2-7-16-8-6-15-13(16)12(17)10-4-3-5-11(14)9-10/h3-6,8-9H,2,7,14H2,1H3. The molecule has 0 saturated carbocycles. The minimum Gasteiger partial charge on any atom is -0.399 e. The molecule has 88 valence electrons. The van der Waals surface area contributed by atoms with Crippen LogP contribution in [0.15, 0.2) is 36.7 Å². The van der Waals surface area contributed by atoms with Crippen molar-refractivity contribution in [1.82, 2.24) is 9.55 Å². The number of benzene rings is 1. The van der Waals surface area contributed by atoms with E-state index >= 15 is 0 Å². The van der Waals surface area contributed by atoms with Gasteiger partial charge in [-0.2, -0.15) is 0 Å². The minimum atomic E-state index is -0.0873. The second kappa shape index (κ2) is 4.82. The highest BCUT2D eigenvalue weighted by Crippen LogP contribution is 2.12. The molecule has 0 aliphatic carbocycles. The number of aryl methyl sites for hydroxylation is 1. The van der Waals surface area contributed by atoms with Crippen molar-refractivity contribution in [3.63, 3.8) is 0 Å². The van der Waals surface area contributed by atoms with E-state index in [1.807, 2.05) is 10.8 Å². The first-order valence-electron chi connectivity index (χ1n) is 5.63. The second-order valence-electron chi connectivity index (χ2n) is 3.90. The molecule has 0 aliphatic heterocycles. The van der Waals surface area contributed by atoms with Crippen molar-refractivity contribution >= 4 is 11.5 Å². The highest BCUT2D eigenvalue weighted by Gasteiger charge is 2.14. The zero-order chi connectivity index (χ0) is 12.3. The fourth-order valence-electron chi connectivity index (χ4n) is 1.75. The Bertz CT molecular complexity index is 531. The molecule has 1 heterocycles. The van der Waals surface area contributed by atoms with Crippen LogP contribution < -0.4 is 5.73 Å². The Hall–Kier alpha value is -2.10. The highest BCUT2D eigenvalue weighted by molar-refractivity contribution is 6.07. The third-order valence-electron chi connectivity index (χ3n) is 2.53. The second-order valence-corrected chi connectivity index (χ2v) is 3.90. The summed E-state index contributed by atoms with van der Waals surface area (Å²) in [5, 5.41) is 0. The average molecular weight is 229 g/mol. The van der Waals surface area contributed by atoms with E-state index < -0.39 is 0 Å². The molecule has 2 rings (SSSR count). The lowest BCUT2D eigenvalue weighted by molar-refractivity contribution is 0.102. The summed E-state index contributed by atoms with van der Waals surface area (Å²) in [6, 6.07) is 6.96. The molecule has 4 nitrogen and oxygen atoms in total. The fourth-order valence-corrected chi connectivity index (χ4v) is 1.75. The van der Waals surface area contributed by atoms with Crippen LogP contribution in [-0.4, -0.2) is 15.3 Å². The highest BCUT2D eigenvalue weighted by atomic mass is 16.1. The molecule has 1 aromatic heterocycles. The van der Waals surface area contributed by atoms with Crippen molar-refractivity contribution in [1.29, 1.82) is 0 Å². The van der Waals surface area contributed by atoms with Crippen LogP contribution in [0.2, 0.25) is 0 Å². The Kier molecular flexibility index (Phi) is 3.23. The number of carbonyl (C=O) groups is 1. The molecule has 17 heavy (non-hydrogen) atoms. The van der Waals surface area contributed by atoms with E-state index in [-0.39, 0.29) is 5.78 Å². The first-order chi connectivity index (χ1) is 8.22. The number of hydrogen-bond acceptors (Lipinski definition) is 3. The normalized spacial score (nSPS) is 10.4. The van der Waals surface area contributed by atoms with Gasteiger partial charge in [-0.3, -0.25) is 4.79 Å². The van der Waals surface area contributed by atoms with Gasteiger partial charge in [0.15, 0.2) is 5.82 Å². The molecule has 0 radical (unpaired) electrons. The average Bonchev–Trinajstić information content (AvgIpc) is 2.77. The molecular formula is C13H15N3O. The summed E-state index contributed by atoms with van der Waals surface area (Å²) < 4.78 is 1.87. The van der Waals surface area contributed by atoms with Crippen LogP contribution >= 0.6 is 0 Å². The van der Waals surface area contributed by atoms with Crippen LogP contribution in [0.3, 0.4) is 0 Å². The number of hydrogen-bond donors (Lipinski definition) is 1. The van der Waals surface area contributed by atoms with Gasteiger partial charge in [-0.15, -0.1) is 0 Å². The summed E-state index contributed by atoms with van der Waals surface area (Å²) in [4.78, 5) is 16.3. The van der Waals surface area contributed by atoms with Gasteiger partial charge in [0, 0.05) is 30.2 Å². The maximum atomic E-state index is 12.2. The Labute approximate surface area is 100 Å². The maximum Gasteiger partial charge on any atom is 0.228 e. The van der Waals surface area contributed by atoms with E-state index in [9.17, 15) is 4.79 Å². The van der Waals surface area contributed by atoms with E-state index in [0.29, 0.717) is 17.1 Å². The van der Waals surface area contributed by atoms with Crippen LogP contribution in [0, 0.1) is 0 Å². The molecule has 0 saturated heterocycles. The molecule has 0 atom stereocenters. The zero-order valence-corrected chi connectivity index (χ0v) is 9.76. The van der Waals surface area contributed by atoms with Gasteiger partial charge in [0.25, 0.3) is 0 Å². The smallest absolute Gasteiger partial charge is 0.228 e. The Morgan fingerprint density at radius 1 is 1.47 bits per heavy atom. The topological polar surface area (TPSA) is 60.9 Å². The van der Waals surface area contributed by atoms with Gasteiger partial charge in [-0.05, 0) is 18.6 Å². The van der Waals surface area contributed by atoms with Crippen molar-refractivity contribution < 1.29 is 4.79 Å². The van der Waals surface area contributed by atoms with Crippen LogP contribution in [0.4, 0.5) is 5.69 Å². The van der Waals surface area contributed by atoms with Crippen molar-refractivity contribution in [2.75, 3.05) is 5.73 Å². The van der Waals surface area contributed by atoms with Gasteiger partial charge in [-0.25, -0.2) is 4.98 Å². The monoisotopic (exact) mass is 229 g/mol. The molecule has 4 heteroatoms. The van der Waals surface area contributed by atoms with Crippen molar-refractivity contribution in [2.45, 2.75) is 19.9 Å². The van der Waals surface area contributed by atoms with Crippen LogP contribution in [-0.2, 0) is 6.54 Å².